The number of rotatable bonds is 4. The molecule has 9 heteroatoms. The van der Waals surface area contributed by atoms with E-state index in [1.807, 2.05) is 21.9 Å². The second-order valence-electron chi connectivity index (χ2n) is 7.41. The van der Waals surface area contributed by atoms with Crippen LogP contribution in [0.2, 0.25) is 0 Å². The maximum atomic E-state index is 12.7. The van der Waals surface area contributed by atoms with Crippen molar-refractivity contribution in [1.29, 1.82) is 0 Å². The van der Waals surface area contributed by atoms with Gasteiger partial charge >= 0.3 is 0 Å². The highest BCUT2D eigenvalue weighted by molar-refractivity contribution is 5.85. The number of para-hydroxylation sites is 1. The van der Waals surface area contributed by atoms with Gasteiger partial charge in [-0.25, -0.2) is 4.98 Å². The molecule has 1 unspecified atom stereocenters. The van der Waals surface area contributed by atoms with Crippen molar-refractivity contribution in [2.75, 3.05) is 32.7 Å². The third kappa shape index (κ3) is 4.59. The van der Waals surface area contributed by atoms with Gasteiger partial charge in [0.25, 0.3) is 5.56 Å². The van der Waals surface area contributed by atoms with Gasteiger partial charge in [0, 0.05) is 45.2 Å². The van der Waals surface area contributed by atoms with E-state index >= 15 is 0 Å². The minimum atomic E-state index is -0.124. The molecule has 2 amide bonds. The van der Waals surface area contributed by atoms with Crippen molar-refractivity contribution in [2.24, 2.45) is 0 Å². The van der Waals surface area contributed by atoms with Crippen LogP contribution in [0.15, 0.2) is 35.4 Å². The molecule has 0 radical (unpaired) electrons. The number of halogens is 1. The van der Waals surface area contributed by atoms with Crippen molar-refractivity contribution in [3.05, 3.63) is 40.9 Å². The van der Waals surface area contributed by atoms with E-state index in [2.05, 4.69) is 10.3 Å². The molecule has 8 nitrogen and oxygen atoms in total. The number of aryl methyl sites for hydroxylation is 1. The Labute approximate surface area is 175 Å². The second-order valence-corrected chi connectivity index (χ2v) is 7.41. The molecule has 1 N–H and O–H groups in total. The van der Waals surface area contributed by atoms with Gasteiger partial charge in [0.15, 0.2) is 0 Å². The van der Waals surface area contributed by atoms with Crippen molar-refractivity contribution >= 4 is 35.1 Å². The Morgan fingerprint density at radius 1 is 1.21 bits per heavy atom. The summed E-state index contributed by atoms with van der Waals surface area (Å²) in [5.41, 5.74) is 0.538. The number of aromatic nitrogens is 2. The van der Waals surface area contributed by atoms with E-state index in [4.69, 9.17) is 0 Å². The zero-order valence-corrected chi connectivity index (χ0v) is 17.1. The fraction of sp³-hybridized carbons (Fsp3) is 0.500. The standard InChI is InChI=1S/C20H25N5O3.ClH/c26-18(7-10-24-14-22-17-6-2-1-5-16(17)20(24)28)23-9-3-4-15(13-23)25-11-8-21-12-19(25)27;/h1-2,5-6,14-15,21H,3-4,7-13H2;1H. The number of benzene rings is 1. The number of carbonyl (C=O) groups excluding carboxylic acids is 2. The van der Waals surface area contributed by atoms with Crippen LogP contribution in [0.4, 0.5) is 0 Å². The van der Waals surface area contributed by atoms with Crippen LogP contribution < -0.4 is 10.9 Å². The van der Waals surface area contributed by atoms with Crippen LogP contribution >= 0.6 is 12.4 Å². The third-order valence-electron chi connectivity index (χ3n) is 5.61. The number of hydrogen-bond donors (Lipinski definition) is 1. The number of carbonyl (C=O) groups is 2. The van der Waals surface area contributed by atoms with Crippen molar-refractivity contribution in [3.8, 4) is 0 Å². The Hall–Kier alpha value is -2.45. The molecule has 0 aliphatic carbocycles. The molecule has 2 aliphatic rings. The topological polar surface area (TPSA) is 87.5 Å². The summed E-state index contributed by atoms with van der Waals surface area (Å²) >= 11 is 0. The summed E-state index contributed by atoms with van der Waals surface area (Å²) in [6, 6.07) is 7.31. The number of piperidine rings is 1. The van der Waals surface area contributed by atoms with Crippen molar-refractivity contribution in [2.45, 2.75) is 31.8 Å². The number of amides is 2. The molecule has 1 aromatic heterocycles. The maximum Gasteiger partial charge on any atom is 0.261 e. The zero-order chi connectivity index (χ0) is 19.5. The van der Waals surface area contributed by atoms with E-state index in [0.717, 1.165) is 19.4 Å². The fourth-order valence-electron chi connectivity index (χ4n) is 4.08. The van der Waals surface area contributed by atoms with E-state index in [0.29, 0.717) is 43.6 Å². The zero-order valence-electron chi connectivity index (χ0n) is 16.2. The van der Waals surface area contributed by atoms with Crippen molar-refractivity contribution < 1.29 is 9.59 Å². The molecular weight excluding hydrogens is 394 g/mol. The predicted molar refractivity (Wildman–Crippen MR) is 112 cm³/mol. The summed E-state index contributed by atoms with van der Waals surface area (Å²) in [5, 5.41) is 3.65. The van der Waals surface area contributed by atoms with Crippen molar-refractivity contribution in [1.82, 2.24) is 24.7 Å². The highest BCUT2D eigenvalue weighted by Crippen LogP contribution is 2.18. The molecule has 1 aromatic carbocycles. The van der Waals surface area contributed by atoms with Crippen LogP contribution in [0.25, 0.3) is 10.9 Å². The highest BCUT2D eigenvalue weighted by Gasteiger charge is 2.31. The molecule has 2 fully saturated rings. The van der Waals surface area contributed by atoms with Crippen LogP contribution in [0.3, 0.4) is 0 Å². The Morgan fingerprint density at radius 3 is 2.86 bits per heavy atom. The highest BCUT2D eigenvalue weighted by atomic mass is 35.5. The number of nitrogens with zero attached hydrogens (tertiary/aromatic N) is 4. The minimum Gasteiger partial charge on any atom is -0.341 e. The van der Waals surface area contributed by atoms with Crippen LogP contribution in [0.1, 0.15) is 19.3 Å². The number of nitrogens with one attached hydrogen (secondary N) is 1. The van der Waals surface area contributed by atoms with E-state index < -0.39 is 0 Å². The summed E-state index contributed by atoms with van der Waals surface area (Å²) in [4.78, 5) is 45.5. The quantitative estimate of drug-likeness (QED) is 0.785. The van der Waals surface area contributed by atoms with Crippen LogP contribution in [0, 0.1) is 0 Å². The number of piperazine rings is 1. The van der Waals surface area contributed by atoms with E-state index in [1.165, 1.54) is 10.9 Å². The van der Waals surface area contributed by atoms with Gasteiger partial charge in [0.05, 0.1) is 23.8 Å². The molecule has 1 atom stereocenters. The van der Waals surface area contributed by atoms with Gasteiger partial charge in [-0.2, -0.15) is 0 Å². The summed E-state index contributed by atoms with van der Waals surface area (Å²) in [7, 11) is 0. The molecule has 29 heavy (non-hydrogen) atoms. The molecule has 2 saturated heterocycles. The Bertz CT molecular complexity index is 947. The SMILES string of the molecule is Cl.O=C(CCn1cnc2ccccc2c1=O)N1CCCC(N2CCNCC2=O)C1. The van der Waals surface area contributed by atoms with Crippen LogP contribution in [-0.2, 0) is 16.1 Å². The summed E-state index contributed by atoms with van der Waals surface area (Å²) < 4.78 is 1.50. The molecule has 3 heterocycles. The molecule has 0 saturated carbocycles. The predicted octanol–water partition coefficient (Wildman–Crippen LogP) is 0.631. The average molecular weight is 420 g/mol. The summed E-state index contributed by atoms with van der Waals surface area (Å²) in [5.74, 6) is 0.131. The van der Waals surface area contributed by atoms with Gasteiger partial charge in [-0.1, -0.05) is 12.1 Å². The Balaban J connectivity index is 0.00000240. The molecule has 2 aliphatic heterocycles. The van der Waals surface area contributed by atoms with Gasteiger partial charge in [0.2, 0.25) is 11.8 Å². The lowest BCUT2D eigenvalue weighted by Gasteiger charge is -2.41. The van der Waals surface area contributed by atoms with E-state index in [1.54, 1.807) is 12.1 Å². The normalized spacial score (nSPS) is 19.9. The average Bonchev–Trinajstić information content (AvgIpc) is 2.74. The van der Waals surface area contributed by atoms with E-state index in [9.17, 15) is 14.4 Å². The van der Waals surface area contributed by atoms with Gasteiger partial charge in [-0.3, -0.25) is 19.0 Å². The number of hydrogen-bond acceptors (Lipinski definition) is 5. The van der Waals surface area contributed by atoms with Gasteiger partial charge in [-0.15, -0.1) is 12.4 Å². The lowest BCUT2D eigenvalue weighted by atomic mass is 10.0. The molecule has 2 aromatic rings. The lowest BCUT2D eigenvalue weighted by Crippen LogP contribution is -2.57. The maximum absolute atomic E-state index is 12.7. The number of fused-ring (bicyclic) bond motifs is 1. The Morgan fingerprint density at radius 2 is 2.03 bits per heavy atom. The van der Waals surface area contributed by atoms with Gasteiger partial charge in [0.1, 0.15) is 0 Å². The third-order valence-corrected chi connectivity index (χ3v) is 5.61. The molecule has 0 spiro atoms. The molecule has 4 rings (SSSR count). The van der Waals surface area contributed by atoms with Gasteiger partial charge in [-0.05, 0) is 25.0 Å². The van der Waals surface area contributed by atoms with Gasteiger partial charge < -0.3 is 15.1 Å². The lowest BCUT2D eigenvalue weighted by molar-refractivity contribution is -0.140. The molecule has 0 bridgehead atoms. The number of likely N-dealkylation sites (tertiary alicyclic amines) is 1. The summed E-state index contributed by atoms with van der Waals surface area (Å²) in [6.45, 7) is 3.47. The first-order chi connectivity index (χ1) is 13.6. The summed E-state index contributed by atoms with van der Waals surface area (Å²) in [6.07, 6.45) is 3.59. The first kappa shape index (κ1) is 21.3. The molecule has 156 valence electrons. The second kappa shape index (κ2) is 9.37. The smallest absolute Gasteiger partial charge is 0.261 e. The first-order valence-corrected chi connectivity index (χ1v) is 9.85. The van der Waals surface area contributed by atoms with Crippen LogP contribution in [-0.4, -0.2) is 69.9 Å². The van der Waals surface area contributed by atoms with E-state index in [-0.39, 0.29) is 42.2 Å². The van der Waals surface area contributed by atoms with Crippen molar-refractivity contribution in [3.63, 3.8) is 0 Å². The largest absolute Gasteiger partial charge is 0.341 e. The minimum absolute atomic E-state index is 0. The Kier molecular flexibility index (Phi) is 6.87. The fourth-order valence-corrected chi connectivity index (χ4v) is 4.08. The molecular formula is C20H26ClN5O3. The monoisotopic (exact) mass is 419 g/mol. The first-order valence-electron chi connectivity index (χ1n) is 9.85. The van der Waals surface area contributed by atoms with Crippen LogP contribution in [0.5, 0.6) is 0 Å².